The van der Waals surface area contributed by atoms with E-state index >= 15 is 0 Å². The van der Waals surface area contributed by atoms with E-state index in [-0.39, 0.29) is 11.1 Å². The maximum absolute atomic E-state index is 14.0. The molecule has 0 amide bonds. The summed E-state index contributed by atoms with van der Waals surface area (Å²) in [4.78, 5) is 0. The highest BCUT2D eigenvalue weighted by atomic mass is 19.2. The fourth-order valence-corrected chi connectivity index (χ4v) is 2.32. The topological polar surface area (TPSA) is 24.7 Å². The SMILES string of the molecule is CCCCCc1cc(F)c(C=NN=Cc2cc(F)c(F)c(F)c2)c(F)c1. The van der Waals surface area contributed by atoms with Crippen molar-refractivity contribution in [2.75, 3.05) is 0 Å². The summed E-state index contributed by atoms with van der Waals surface area (Å²) in [5.41, 5.74) is 0.120. The zero-order chi connectivity index (χ0) is 19.1. The summed E-state index contributed by atoms with van der Waals surface area (Å²) in [6, 6.07) is 3.94. The predicted molar refractivity (Wildman–Crippen MR) is 91.1 cm³/mol. The van der Waals surface area contributed by atoms with Crippen LogP contribution in [0, 0.1) is 29.1 Å². The highest BCUT2D eigenvalue weighted by Gasteiger charge is 2.10. The first-order chi connectivity index (χ1) is 12.4. The summed E-state index contributed by atoms with van der Waals surface area (Å²) in [7, 11) is 0. The lowest BCUT2D eigenvalue weighted by atomic mass is 10.0. The van der Waals surface area contributed by atoms with E-state index in [0.717, 1.165) is 43.8 Å². The summed E-state index contributed by atoms with van der Waals surface area (Å²) in [6.45, 7) is 2.04. The molecule has 0 atom stereocenters. The van der Waals surface area contributed by atoms with Gasteiger partial charge in [-0.25, -0.2) is 22.0 Å². The van der Waals surface area contributed by atoms with Gasteiger partial charge in [0.15, 0.2) is 17.5 Å². The fraction of sp³-hybridized carbons (Fsp3) is 0.263. The number of unbranched alkanes of at least 4 members (excludes halogenated alkanes) is 2. The summed E-state index contributed by atoms with van der Waals surface area (Å²) in [5, 5.41) is 6.94. The van der Waals surface area contributed by atoms with Crippen LogP contribution in [0.1, 0.15) is 42.9 Å². The first-order valence-corrected chi connectivity index (χ1v) is 8.11. The van der Waals surface area contributed by atoms with Gasteiger partial charge in [-0.2, -0.15) is 10.2 Å². The predicted octanol–water partition coefficient (Wildman–Crippen LogP) is 5.57. The lowest BCUT2D eigenvalue weighted by Crippen LogP contribution is -1.98. The highest BCUT2D eigenvalue weighted by molar-refractivity contribution is 5.83. The fourth-order valence-electron chi connectivity index (χ4n) is 2.32. The molecule has 0 saturated carbocycles. The molecule has 2 aromatic carbocycles. The average Bonchev–Trinajstić information content (AvgIpc) is 2.58. The van der Waals surface area contributed by atoms with Gasteiger partial charge in [0.05, 0.1) is 18.0 Å². The molecule has 0 spiro atoms. The maximum atomic E-state index is 14.0. The molecule has 2 nitrogen and oxygen atoms in total. The normalized spacial score (nSPS) is 11.8. The molecule has 0 fully saturated rings. The molecule has 0 aliphatic rings. The van der Waals surface area contributed by atoms with Crippen molar-refractivity contribution in [2.45, 2.75) is 32.6 Å². The van der Waals surface area contributed by atoms with E-state index in [9.17, 15) is 22.0 Å². The van der Waals surface area contributed by atoms with Gasteiger partial charge in [0.2, 0.25) is 0 Å². The molecule has 138 valence electrons. The molecule has 7 heteroatoms. The average molecular weight is 368 g/mol. The number of halogens is 5. The Morgan fingerprint density at radius 2 is 1.35 bits per heavy atom. The second-order valence-corrected chi connectivity index (χ2v) is 5.72. The summed E-state index contributed by atoms with van der Waals surface area (Å²) < 4.78 is 66.9. The van der Waals surface area contributed by atoms with Crippen molar-refractivity contribution >= 4 is 12.4 Å². The Hall–Kier alpha value is -2.57. The minimum absolute atomic E-state index is 0.0780. The van der Waals surface area contributed by atoms with Gasteiger partial charge < -0.3 is 0 Å². The van der Waals surface area contributed by atoms with E-state index in [4.69, 9.17) is 0 Å². The third kappa shape index (κ3) is 5.21. The Bertz CT molecular complexity index is 785. The van der Waals surface area contributed by atoms with Gasteiger partial charge in [-0.05, 0) is 42.7 Å². The Labute approximate surface area is 148 Å². The van der Waals surface area contributed by atoms with Gasteiger partial charge in [0.25, 0.3) is 0 Å². The van der Waals surface area contributed by atoms with E-state index < -0.39 is 29.1 Å². The van der Waals surface area contributed by atoms with Crippen LogP contribution in [0.2, 0.25) is 0 Å². The molecule has 0 aliphatic carbocycles. The van der Waals surface area contributed by atoms with Gasteiger partial charge in [0, 0.05) is 5.56 Å². The van der Waals surface area contributed by atoms with E-state index in [2.05, 4.69) is 10.2 Å². The van der Waals surface area contributed by atoms with Gasteiger partial charge in [-0.15, -0.1) is 0 Å². The van der Waals surface area contributed by atoms with Crippen molar-refractivity contribution in [1.82, 2.24) is 0 Å². The minimum Gasteiger partial charge on any atom is -0.206 e. The van der Waals surface area contributed by atoms with E-state index in [1.165, 1.54) is 12.1 Å². The summed E-state index contributed by atoms with van der Waals surface area (Å²) in [6.07, 6.45) is 5.22. The molecule has 2 aromatic rings. The van der Waals surface area contributed by atoms with Crippen LogP contribution in [-0.2, 0) is 6.42 Å². The molecule has 0 radical (unpaired) electrons. The van der Waals surface area contributed by atoms with E-state index in [1.54, 1.807) is 0 Å². The van der Waals surface area contributed by atoms with Crippen LogP contribution in [0.25, 0.3) is 0 Å². The van der Waals surface area contributed by atoms with Gasteiger partial charge in [-0.3, -0.25) is 0 Å². The van der Waals surface area contributed by atoms with Crippen molar-refractivity contribution < 1.29 is 22.0 Å². The summed E-state index contributed by atoms with van der Waals surface area (Å²) in [5.74, 6) is -5.87. The number of hydrogen-bond acceptors (Lipinski definition) is 2. The molecule has 0 aliphatic heterocycles. The third-order valence-corrected chi connectivity index (χ3v) is 3.67. The molecular formula is C19H17F5N2. The van der Waals surface area contributed by atoms with Gasteiger partial charge in [0.1, 0.15) is 11.6 Å². The summed E-state index contributed by atoms with van der Waals surface area (Å²) >= 11 is 0. The third-order valence-electron chi connectivity index (χ3n) is 3.67. The minimum atomic E-state index is -1.59. The quantitative estimate of drug-likeness (QED) is 0.201. The van der Waals surface area contributed by atoms with Crippen molar-refractivity contribution in [3.05, 3.63) is 70.0 Å². The molecule has 0 aromatic heterocycles. The highest BCUT2D eigenvalue weighted by Crippen LogP contribution is 2.16. The van der Waals surface area contributed by atoms with Crippen molar-refractivity contribution in [1.29, 1.82) is 0 Å². The Kier molecular flexibility index (Phi) is 7.00. The standard InChI is InChI=1S/C19H17F5N2/c1-2-3-4-5-12-6-15(20)14(16(21)7-12)11-26-25-10-13-8-17(22)19(24)18(23)9-13/h6-11H,2-5H2,1H3. The largest absolute Gasteiger partial charge is 0.206 e. The van der Waals surface area contributed by atoms with Crippen LogP contribution in [0.15, 0.2) is 34.5 Å². The van der Waals surface area contributed by atoms with Crippen LogP contribution in [0.3, 0.4) is 0 Å². The number of aryl methyl sites for hydroxylation is 1. The second kappa shape index (κ2) is 9.22. The van der Waals surface area contributed by atoms with Crippen molar-refractivity contribution in [2.24, 2.45) is 10.2 Å². The lowest BCUT2D eigenvalue weighted by molar-refractivity contribution is 0.447. The monoisotopic (exact) mass is 368 g/mol. The Morgan fingerprint density at radius 1 is 0.769 bits per heavy atom. The second-order valence-electron chi connectivity index (χ2n) is 5.72. The Balaban J connectivity index is 2.10. The maximum Gasteiger partial charge on any atom is 0.194 e. The number of rotatable bonds is 7. The van der Waals surface area contributed by atoms with E-state index in [0.29, 0.717) is 12.0 Å². The van der Waals surface area contributed by atoms with E-state index in [1.807, 2.05) is 6.92 Å². The number of nitrogens with zero attached hydrogens (tertiary/aromatic N) is 2. The first-order valence-electron chi connectivity index (χ1n) is 8.11. The van der Waals surface area contributed by atoms with Crippen LogP contribution >= 0.6 is 0 Å². The van der Waals surface area contributed by atoms with Crippen LogP contribution in [-0.4, -0.2) is 12.4 Å². The van der Waals surface area contributed by atoms with Crippen LogP contribution in [0.5, 0.6) is 0 Å². The van der Waals surface area contributed by atoms with Crippen LogP contribution < -0.4 is 0 Å². The number of hydrogen-bond donors (Lipinski definition) is 0. The number of benzene rings is 2. The molecule has 0 saturated heterocycles. The van der Waals surface area contributed by atoms with Gasteiger partial charge >= 0.3 is 0 Å². The van der Waals surface area contributed by atoms with Crippen molar-refractivity contribution in [3.8, 4) is 0 Å². The lowest BCUT2D eigenvalue weighted by Gasteiger charge is -2.04. The molecular weight excluding hydrogens is 351 g/mol. The first kappa shape index (κ1) is 19.8. The zero-order valence-corrected chi connectivity index (χ0v) is 14.1. The molecule has 0 N–H and O–H groups in total. The smallest absolute Gasteiger partial charge is 0.194 e. The molecule has 0 bridgehead atoms. The van der Waals surface area contributed by atoms with Crippen molar-refractivity contribution in [3.63, 3.8) is 0 Å². The molecule has 26 heavy (non-hydrogen) atoms. The molecule has 0 heterocycles. The van der Waals surface area contributed by atoms with Gasteiger partial charge in [-0.1, -0.05) is 19.8 Å². The van der Waals surface area contributed by atoms with Crippen LogP contribution in [0.4, 0.5) is 22.0 Å². The molecule has 0 unspecified atom stereocenters. The zero-order valence-electron chi connectivity index (χ0n) is 14.1. The Morgan fingerprint density at radius 3 is 1.92 bits per heavy atom. The molecule has 2 rings (SSSR count).